The molecule has 0 saturated carbocycles. The highest BCUT2D eigenvalue weighted by molar-refractivity contribution is 7.14. The Hall–Kier alpha value is -3.38. The Kier molecular flexibility index (Phi) is 6.84. The number of nitrogens with one attached hydrogen (secondary N) is 1. The zero-order valence-electron chi connectivity index (χ0n) is 17.5. The number of rotatable bonds is 7. The average Bonchev–Trinajstić information content (AvgIpc) is 3.35. The van der Waals surface area contributed by atoms with Gasteiger partial charge < -0.3 is 20.9 Å². The van der Waals surface area contributed by atoms with E-state index in [0.29, 0.717) is 27.1 Å². The Balaban J connectivity index is 1.75. The molecule has 0 fully saturated rings. The molecule has 3 aromatic heterocycles. The van der Waals surface area contributed by atoms with Gasteiger partial charge in [0.1, 0.15) is 33.7 Å². The number of hydrogen-bond acceptors (Lipinski definition) is 9. The summed E-state index contributed by atoms with van der Waals surface area (Å²) in [4.78, 5) is 48.3. The first-order chi connectivity index (χ1) is 15.0. The molecule has 0 aliphatic heterocycles. The lowest BCUT2D eigenvalue weighted by Gasteiger charge is -2.21. The number of ether oxygens (including phenoxy) is 1. The van der Waals surface area contributed by atoms with Gasteiger partial charge in [0, 0.05) is 23.4 Å². The van der Waals surface area contributed by atoms with E-state index in [1.165, 1.54) is 22.7 Å². The maximum Gasteiger partial charge on any atom is 0.408 e. The minimum Gasteiger partial charge on any atom is -0.480 e. The first kappa shape index (κ1) is 23.3. The van der Waals surface area contributed by atoms with Crippen LogP contribution in [0.1, 0.15) is 36.1 Å². The summed E-state index contributed by atoms with van der Waals surface area (Å²) < 4.78 is 5.12. The van der Waals surface area contributed by atoms with E-state index in [4.69, 9.17) is 10.5 Å². The lowest BCUT2D eigenvalue weighted by Crippen LogP contribution is -2.44. The number of amides is 2. The van der Waals surface area contributed by atoms with Crippen molar-refractivity contribution in [3.63, 3.8) is 0 Å². The van der Waals surface area contributed by atoms with Crippen molar-refractivity contribution in [1.29, 1.82) is 0 Å². The van der Waals surface area contributed by atoms with Gasteiger partial charge in [0.2, 0.25) is 0 Å². The lowest BCUT2D eigenvalue weighted by molar-refractivity contribution is -0.139. The number of aliphatic carboxylic acids is 1. The van der Waals surface area contributed by atoms with Crippen molar-refractivity contribution in [1.82, 2.24) is 20.3 Å². The summed E-state index contributed by atoms with van der Waals surface area (Å²) >= 11 is 2.56. The number of alkyl carbamates (subject to hydrolysis) is 1. The summed E-state index contributed by atoms with van der Waals surface area (Å²) in [5, 5.41) is 16.4. The van der Waals surface area contributed by atoms with Crippen LogP contribution in [0, 0.1) is 0 Å². The van der Waals surface area contributed by atoms with Crippen LogP contribution in [-0.4, -0.2) is 49.7 Å². The number of nitrogens with zero attached hydrogens (tertiary/aromatic N) is 3. The van der Waals surface area contributed by atoms with Crippen LogP contribution >= 0.6 is 22.7 Å². The van der Waals surface area contributed by atoms with E-state index in [-0.39, 0.29) is 12.0 Å². The van der Waals surface area contributed by atoms with Gasteiger partial charge in [-0.1, -0.05) is 0 Å². The summed E-state index contributed by atoms with van der Waals surface area (Å²) in [5.74, 6) is -1.80. The standard InChI is InChI=1S/C20H21N5O5S2/c1-20(2,3)30-19(29)25-11(18(27)28)7-14-23-13(9-31-14)17-24-12(8-32-17)15-10(16(21)26)5-4-6-22-15/h4-6,8-9,11H,7H2,1-3H3,(H2,21,26)(H,25,29)(H,27,28)/t11-/m0/s1. The number of nitrogens with two attached hydrogens (primary N) is 1. The smallest absolute Gasteiger partial charge is 0.408 e. The molecule has 0 aliphatic carbocycles. The van der Waals surface area contributed by atoms with Gasteiger partial charge in [-0.15, -0.1) is 22.7 Å². The molecule has 10 nitrogen and oxygen atoms in total. The molecule has 0 spiro atoms. The summed E-state index contributed by atoms with van der Waals surface area (Å²) in [7, 11) is 0. The first-order valence-electron chi connectivity index (χ1n) is 9.41. The Bertz CT molecular complexity index is 1150. The number of aromatic nitrogens is 3. The van der Waals surface area contributed by atoms with Crippen molar-refractivity contribution < 1.29 is 24.2 Å². The highest BCUT2D eigenvalue weighted by Gasteiger charge is 2.25. The van der Waals surface area contributed by atoms with E-state index in [1.54, 1.807) is 49.9 Å². The topological polar surface area (TPSA) is 157 Å². The van der Waals surface area contributed by atoms with E-state index in [1.807, 2.05) is 0 Å². The molecular formula is C20H21N5O5S2. The quantitative estimate of drug-likeness (QED) is 0.470. The molecule has 3 heterocycles. The fraction of sp³-hybridized carbons (Fsp3) is 0.300. The number of carboxylic acids is 1. The SMILES string of the molecule is CC(C)(C)OC(=O)N[C@@H](Cc1nc(-c2nc(-c3ncccc3C(N)=O)cs2)cs1)C(=O)O. The second kappa shape index (κ2) is 9.40. The number of thiazole rings is 2. The maximum atomic E-state index is 11.9. The molecule has 168 valence electrons. The van der Waals surface area contributed by atoms with Crippen LogP contribution in [0.25, 0.3) is 22.1 Å². The molecule has 0 aromatic carbocycles. The van der Waals surface area contributed by atoms with Crippen molar-refractivity contribution in [3.05, 3.63) is 39.7 Å². The average molecular weight is 476 g/mol. The van der Waals surface area contributed by atoms with Crippen molar-refractivity contribution >= 4 is 40.6 Å². The number of carbonyl (C=O) groups is 3. The zero-order valence-corrected chi connectivity index (χ0v) is 19.1. The third kappa shape index (κ3) is 5.86. The van der Waals surface area contributed by atoms with Gasteiger partial charge in [-0.3, -0.25) is 9.78 Å². The Morgan fingerprint density at radius 2 is 1.91 bits per heavy atom. The molecule has 3 rings (SSSR count). The van der Waals surface area contributed by atoms with Gasteiger partial charge in [-0.2, -0.15) is 0 Å². The molecule has 12 heteroatoms. The molecule has 0 saturated heterocycles. The monoisotopic (exact) mass is 475 g/mol. The fourth-order valence-corrected chi connectivity index (χ4v) is 4.30. The van der Waals surface area contributed by atoms with Gasteiger partial charge in [-0.25, -0.2) is 19.6 Å². The lowest BCUT2D eigenvalue weighted by atomic mass is 10.1. The Morgan fingerprint density at radius 3 is 2.56 bits per heavy atom. The van der Waals surface area contributed by atoms with Crippen LogP contribution in [0.15, 0.2) is 29.1 Å². The molecule has 0 aliphatic rings. The van der Waals surface area contributed by atoms with E-state index < -0.39 is 29.6 Å². The predicted octanol–water partition coefficient (Wildman–Crippen LogP) is 2.95. The summed E-state index contributed by atoms with van der Waals surface area (Å²) in [5.41, 5.74) is 6.36. The van der Waals surface area contributed by atoms with Crippen LogP contribution in [0.2, 0.25) is 0 Å². The minimum atomic E-state index is -1.20. The van der Waals surface area contributed by atoms with Crippen molar-refractivity contribution in [2.75, 3.05) is 0 Å². The third-order valence-corrected chi connectivity index (χ3v) is 5.69. The summed E-state index contributed by atoms with van der Waals surface area (Å²) in [6.07, 6.45) is 0.724. The highest BCUT2D eigenvalue weighted by atomic mass is 32.1. The Morgan fingerprint density at radius 1 is 1.19 bits per heavy atom. The van der Waals surface area contributed by atoms with Gasteiger partial charge in [-0.05, 0) is 32.9 Å². The second-order valence-electron chi connectivity index (χ2n) is 7.67. The van der Waals surface area contributed by atoms with Gasteiger partial charge >= 0.3 is 12.1 Å². The van der Waals surface area contributed by atoms with Crippen LogP contribution < -0.4 is 11.1 Å². The van der Waals surface area contributed by atoms with Crippen LogP contribution in [0.4, 0.5) is 4.79 Å². The molecule has 1 atom stereocenters. The number of primary amides is 1. The largest absolute Gasteiger partial charge is 0.480 e. The first-order valence-corrected chi connectivity index (χ1v) is 11.2. The molecule has 32 heavy (non-hydrogen) atoms. The second-order valence-corrected chi connectivity index (χ2v) is 9.47. The molecule has 0 bridgehead atoms. The van der Waals surface area contributed by atoms with Crippen LogP contribution in [0.3, 0.4) is 0 Å². The van der Waals surface area contributed by atoms with Crippen molar-refractivity contribution in [2.24, 2.45) is 5.73 Å². The molecule has 0 radical (unpaired) electrons. The van der Waals surface area contributed by atoms with E-state index in [0.717, 1.165) is 0 Å². The van der Waals surface area contributed by atoms with E-state index in [9.17, 15) is 19.5 Å². The van der Waals surface area contributed by atoms with Gasteiger partial charge in [0.15, 0.2) is 0 Å². The molecular weight excluding hydrogens is 454 g/mol. The van der Waals surface area contributed by atoms with Crippen LogP contribution in [-0.2, 0) is 16.0 Å². The number of carbonyl (C=O) groups excluding carboxylic acids is 2. The zero-order chi connectivity index (χ0) is 23.5. The van der Waals surface area contributed by atoms with Crippen molar-refractivity contribution in [3.8, 4) is 22.1 Å². The molecule has 3 aromatic rings. The normalized spacial score (nSPS) is 12.2. The van der Waals surface area contributed by atoms with E-state index >= 15 is 0 Å². The number of pyridine rings is 1. The Labute approximate surface area is 191 Å². The predicted molar refractivity (Wildman–Crippen MR) is 119 cm³/mol. The third-order valence-electron chi connectivity index (χ3n) is 3.96. The van der Waals surface area contributed by atoms with E-state index in [2.05, 4.69) is 20.3 Å². The fourth-order valence-electron chi connectivity index (χ4n) is 2.64. The highest BCUT2D eigenvalue weighted by Crippen LogP contribution is 2.30. The van der Waals surface area contributed by atoms with Crippen molar-refractivity contribution in [2.45, 2.75) is 38.8 Å². The minimum absolute atomic E-state index is 0.0104. The van der Waals surface area contributed by atoms with Gasteiger partial charge in [0.25, 0.3) is 5.91 Å². The molecule has 0 unspecified atom stereocenters. The number of carboxylic acid groups (broad SMARTS) is 1. The number of hydrogen-bond donors (Lipinski definition) is 3. The molecule has 2 amide bonds. The maximum absolute atomic E-state index is 11.9. The summed E-state index contributed by atoms with van der Waals surface area (Å²) in [6, 6.07) is 2.00. The van der Waals surface area contributed by atoms with Crippen LogP contribution in [0.5, 0.6) is 0 Å². The molecule has 4 N–H and O–H groups in total. The summed E-state index contributed by atoms with van der Waals surface area (Å²) in [6.45, 7) is 5.07. The van der Waals surface area contributed by atoms with Gasteiger partial charge in [0.05, 0.1) is 10.6 Å².